The van der Waals surface area contributed by atoms with Gasteiger partial charge in [-0.05, 0) is 61.9 Å². The van der Waals surface area contributed by atoms with Crippen LogP contribution in [0.4, 0.5) is 0 Å². The summed E-state index contributed by atoms with van der Waals surface area (Å²) in [5, 5.41) is 15.6. The maximum Gasteiger partial charge on any atom is 0.227 e. The first-order chi connectivity index (χ1) is 18.6. The smallest absolute Gasteiger partial charge is 0.227 e. The second-order valence-corrected chi connectivity index (χ2v) is 9.23. The topological polar surface area (TPSA) is 82.1 Å². The summed E-state index contributed by atoms with van der Waals surface area (Å²) in [6, 6.07) is 21.2. The second-order valence-electron chi connectivity index (χ2n) is 9.23. The Morgan fingerprint density at radius 3 is 2.45 bits per heavy atom. The summed E-state index contributed by atoms with van der Waals surface area (Å²) in [5.41, 5.74) is 2.66. The Bertz CT molecular complexity index is 1220. The van der Waals surface area contributed by atoms with Gasteiger partial charge in [-0.2, -0.15) is 5.10 Å². The third kappa shape index (κ3) is 7.47. The summed E-state index contributed by atoms with van der Waals surface area (Å²) >= 11 is 0. The maximum atomic E-state index is 10.8. The number of aromatic nitrogens is 2. The molecule has 0 aliphatic rings. The van der Waals surface area contributed by atoms with Gasteiger partial charge in [-0.25, -0.2) is 4.68 Å². The Hall–Kier alpha value is -3.59. The summed E-state index contributed by atoms with van der Waals surface area (Å²) in [6.45, 7) is 6.46. The first-order valence-electron chi connectivity index (χ1n) is 13.0. The molecule has 2 aromatic heterocycles. The number of aliphatic hydroxyl groups excluding tert-OH is 1. The van der Waals surface area contributed by atoms with Crippen molar-refractivity contribution in [3.63, 3.8) is 0 Å². The molecular formula is C30H37N3O5. The first-order valence-corrected chi connectivity index (χ1v) is 13.0. The van der Waals surface area contributed by atoms with E-state index in [1.165, 1.54) is 0 Å². The van der Waals surface area contributed by atoms with Crippen LogP contribution < -0.4 is 9.47 Å². The molecule has 0 bridgehead atoms. The van der Waals surface area contributed by atoms with Crippen molar-refractivity contribution in [3.8, 4) is 23.1 Å². The molecule has 4 aromatic rings. The van der Waals surface area contributed by atoms with Gasteiger partial charge in [0, 0.05) is 19.7 Å². The highest BCUT2D eigenvalue weighted by molar-refractivity contribution is 5.44. The Labute approximate surface area is 224 Å². The summed E-state index contributed by atoms with van der Waals surface area (Å²) in [7, 11) is 1.64. The lowest BCUT2D eigenvalue weighted by Gasteiger charge is -2.24. The monoisotopic (exact) mass is 519 g/mol. The van der Waals surface area contributed by atoms with E-state index in [0.717, 1.165) is 41.3 Å². The highest BCUT2D eigenvalue weighted by atomic mass is 16.5. The normalized spacial score (nSPS) is 12.1. The molecule has 0 aliphatic carbocycles. The largest absolute Gasteiger partial charge is 0.497 e. The molecule has 0 fully saturated rings. The first kappa shape index (κ1) is 27.4. The Kier molecular flexibility index (Phi) is 9.97. The second kappa shape index (κ2) is 13.8. The number of hydrogen-bond acceptors (Lipinski definition) is 7. The fraction of sp³-hybridized carbons (Fsp3) is 0.367. The number of para-hydroxylation sites is 1. The predicted molar refractivity (Wildman–Crippen MR) is 146 cm³/mol. The van der Waals surface area contributed by atoms with E-state index < -0.39 is 6.10 Å². The van der Waals surface area contributed by atoms with Crippen molar-refractivity contribution in [2.45, 2.75) is 45.9 Å². The molecule has 2 aromatic carbocycles. The van der Waals surface area contributed by atoms with Crippen LogP contribution in [0.15, 0.2) is 77.4 Å². The zero-order chi connectivity index (χ0) is 26.7. The van der Waals surface area contributed by atoms with E-state index in [2.05, 4.69) is 11.8 Å². The third-order valence-corrected chi connectivity index (χ3v) is 6.17. The van der Waals surface area contributed by atoms with Gasteiger partial charge in [0.2, 0.25) is 5.88 Å². The Morgan fingerprint density at radius 1 is 1.00 bits per heavy atom. The number of hydrogen-bond donors (Lipinski definition) is 1. The van der Waals surface area contributed by atoms with Crippen LogP contribution in [0.1, 0.15) is 36.8 Å². The molecule has 8 heteroatoms. The molecule has 0 spiro atoms. The van der Waals surface area contributed by atoms with Gasteiger partial charge in [-0.3, -0.25) is 4.90 Å². The molecule has 4 rings (SSSR count). The fourth-order valence-electron chi connectivity index (χ4n) is 4.17. The molecule has 2 heterocycles. The minimum absolute atomic E-state index is 0.284. The lowest BCUT2D eigenvalue weighted by atomic mass is 10.2. The summed E-state index contributed by atoms with van der Waals surface area (Å²) in [6.07, 6.45) is 3.06. The molecule has 38 heavy (non-hydrogen) atoms. The average molecular weight is 520 g/mol. The molecule has 0 saturated carbocycles. The van der Waals surface area contributed by atoms with Gasteiger partial charge in [-0.1, -0.05) is 31.5 Å². The van der Waals surface area contributed by atoms with Crippen LogP contribution in [0.3, 0.4) is 0 Å². The van der Waals surface area contributed by atoms with Gasteiger partial charge < -0.3 is 23.7 Å². The van der Waals surface area contributed by atoms with Crippen molar-refractivity contribution in [2.24, 2.45) is 0 Å². The number of rotatable bonds is 15. The van der Waals surface area contributed by atoms with E-state index in [9.17, 15) is 5.11 Å². The van der Waals surface area contributed by atoms with Crippen molar-refractivity contribution in [2.75, 3.05) is 26.9 Å². The molecule has 0 radical (unpaired) electrons. The van der Waals surface area contributed by atoms with Crippen molar-refractivity contribution in [1.82, 2.24) is 14.7 Å². The van der Waals surface area contributed by atoms with Crippen LogP contribution in [-0.4, -0.2) is 52.8 Å². The molecule has 0 aliphatic heterocycles. The summed E-state index contributed by atoms with van der Waals surface area (Å²) in [5.74, 6) is 2.86. The standard InChI is InChI=1S/C30H37N3O5/c1-4-5-17-36-22-25(34)19-32(20-28-12-9-18-37-28)21-29-23(2)31-33(24-10-7-6-8-11-24)30(29)38-27-15-13-26(35-3)14-16-27/h6-16,18,25,34H,4-5,17,19-22H2,1-3H3/t25-/m0/s1. The number of furan rings is 1. The van der Waals surface area contributed by atoms with Crippen molar-refractivity contribution in [1.29, 1.82) is 0 Å². The number of methoxy groups -OCH3 is 1. The molecular weight excluding hydrogens is 482 g/mol. The number of ether oxygens (including phenoxy) is 3. The van der Waals surface area contributed by atoms with Gasteiger partial charge in [0.05, 0.1) is 49.6 Å². The van der Waals surface area contributed by atoms with Gasteiger partial charge in [-0.15, -0.1) is 0 Å². The third-order valence-electron chi connectivity index (χ3n) is 6.17. The lowest BCUT2D eigenvalue weighted by Crippen LogP contribution is -2.34. The van der Waals surface area contributed by atoms with Crippen molar-refractivity contribution in [3.05, 3.63) is 90.0 Å². The van der Waals surface area contributed by atoms with Crippen LogP contribution >= 0.6 is 0 Å². The van der Waals surface area contributed by atoms with Crippen LogP contribution in [-0.2, 0) is 17.8 Å². The Morgan fingerprint density at radius 2 is 1.76 bits per heavy atom. The zero-order valence-electron chi connectivity index (χ0n) is 22.4. The van der Waals surface area contributed by atoms with Crippen LogP contribution in [0.5, 0.6) is 17.4 Å². The van der Waals surface area contributed by atoms with Gasteiger partial charge in [0.1, 0.15) is 17.3 Å². The van der Waals surface area contributed by atoms with E-state index in [-0.39, 0.29) is 6.61 Å². The van der Waals surface area contributed by atoms with Gasteiger partial charge in [0.15, 0.2) is 0 Å². The maximum absolute atomic E-state index is 10.8. The molecule has 0 amide bonds. The predicted octanol–water partition coefficient (Wildman–Crippen LogP) is 5.75. The number of unbranched alkanes of at least 4 members (excludes halogenated alkanes) is 1. The molecule has 8 nitrogen and oxygen atoms in total. The lowest BCUT2D eigenvalue weighted by molar-refractivity contribution is 0.0116. The van der Waals surface area contributed by atoms with E-state index in [0.29, 0.717) is 37.9 Å². The minimum Gasteiger partial charge on any atom is -0.497 e. The summed E-state index contributed by atoms with van der Waals surface area (Å²) in [4.78, 5) is 2.13. The van der Waals surface area contributed by atoms with E-state index >= 15 is 0 Å². The van der Waals surface area contributed by atoms with E-state index in [4.69, 9.17) is 23.7 Å². The molecule has 0 unspecified atom stereocenters. The highest BCUT2D eigenvalue weighted by Gasteiger charge is 2.23. The minimum atomic E-state index is -0.641. The van der Waals surface area contributed by atoms with Crippen LogP contribution in [0, 0.1) is 6.92 Å². The van der Waals surface area contributed by atoms with E-state index in [1.54, 1.807) is 13.4 Å². The number of nitrogens with zero attached hydrogens (tertiary/aromatic N) is 3. The number of benzene rings is 2. The van der Waals surface area contributed by atoms with Gasteiger partial charge in [0.25, 0.3) is 0 Å². The quantitative estimate of drug-likeness (QED) is 0.200. The zero-order valence-corrected chi connectivity index (χ0v) is 22.4. The SMILES string of the molecule is CCCCOC[C@@H](O)CN(Cc1ccco1)Cc1c(C)nn(-c2ccccc2)c1Oc1ccc(OC)cc1. The fourth-order valence-corrected chi connectivity index (χ4v) is 4.17. The Balaban J connectivity index is 1.63. The number of aliphatic hydroxyl groups is 1. The molecule has 1 N–H and O–H groups in total. The molecule has 0 saturated heterocycles. The highest BCUT2D eigenvalue weighted by Crippen LogP contribution is 2.32. The van der Waals surface area contributed by atoms with E-state index in [1.807, 2.05) is 78.3 Å². The summed E-state index contributed by atoms with van der Waals surface area (Å²) < 4.78 is 24.9. The molecule has 1 atom stereocenters. The van der Waals surface area contributed by atoms with Crippen LogP contribution in [0.2, 0.25) is 0 Å². The van der Waals surface area contributed by atoms with Crippen LogP contribution in [0.25, 0.3) is 5.69 Å². The van der Waals surface area contributed by atoms with Gasteiger partial charge >= 0.3 is 0 Å². The number of aryl methyl sites for hydroxylation is 1. The van der Waals surface area contributed by atoms with Crippen molar-refractivity contribution >= 4 is 0 Å². The average Bonchev–Trinajstić information content (AvgIpc) is 3.56. The molecule has 202 valence electrons. The van der Waals surface area contributed by atoms with Crippen molar-refractivity contribution < 1.29 is 23.7 Å².